The van der Waals surface area contributed by atoms with Crippen LogP contribution in [0.5, 0.6) is 0 Å². The van der Waals surface area contributed by atoms with Gasteiger partial charge in [0.05, 0.1) is 35.6 Å². The van der Waals surface area contributed by atoms with E-state index >= 15 is 0 Å². The van der Waals surface area contributed by atoms with Gasteiger partial charge in [-0.3, -0.25) is 9.59 Å². The highest BCUT2D eigenvalue weighted by atomic mass is 16.5. The molecule has 1 saturated heterocycles. The molecule has 1 aliphatic rings. The molecule has 9 heteroatoms. The van der Waals surface area contributed by atoms with Crippen LogP contribution in [0, 0.1) is 11.3 Å². The summed E-state index contributed by atoms with van der Waals surface area (Å²) in [6.45, 7) is 1.51. The second kappa shape index (κ2) is 8.77. The quantitative estimate of drug-likeness (QED) is 0.479. The number of likely N-dealkylation sites (tertiary alicyclic amines) is 1. The van der Waals surface area contributed by atoms with Crippen LogP contribution in [0.4, 0.5) is 0 Å². The molecule has 2 N–H and O–H groups in total. The number of fused-ring (bicyclic) bond motifs is 1. The molecule has 0 spiro atoms. The minimum absolute atomic E-state index is 0.0109. The minimum atomic E-state index is -0.570. The number of carbonyl (C=O) groups is 2. The van der Waals surface area contributed by atoms with Gasteiger partial charge in [0.15, 0.2) is 5.65 Å². The van der Waals surface area contributed by atoms with Crippen molar-refractivity contribution >= 4 is 17.5 Å². The molecule has 3 heterocycles. The largest absolute Gasteiger partial charge is 0.370 e. The van der Waals surface area contributed by atoms with Gasteiger partial charge in [-0.15, -0.1) is 0 Å². The molecule has 1 fully saturated rings. The van der Waals surface area contributed by atoms with Gasteiger partial charge in [-0.05, 0) is 42.0 Å². The number of nitrogens with zero attached hydrogens (tertiary/aromatic N) is 5. The Labute approximate surface area is 195 Å². The van der Waals surface area contributed by atoms with Crippen molar-refractivity contribution in [1.29, 1.82) is 5.26 Å². The second-order valence-corrected chi connectivity index (χ2v) is 8.02. The Bertz CT molecular complexity index is 1410. The number of amides is 2. The smallest absolute Gasteiger partial charge is 0.254 e. The van der Waals surface area contributed by atoms with Crippen LogP contribution in [0.15, 0.2) is 67.0 Å². The van der Waals surface area contributed by atoms with Crippen LogP contribution in [-0.2, 0) is 11.3 Å². The lowest BCUT2D eigenvalue weighted by Gasteiger charge is -2.39. The molecule has 168 valence electrons. The predicted molar refractivity (Wildman–Crippen MR) is 123 cm³/mol. The van der Waals surface area contributed by atoms with E-state index in [2.05, 4.69) is 16.2 Å². The standard InChI is InChI=1S/C25H20N6O3/c26-11-16-1-3-17(4-2-16)14-34-20-12-30(13-20)25(33)19-7-5-18(6-8-19)22-10-9-21(23(27)32)24-28-15-29-31(22)24/h1-10,15,20H,12-14H2,(H2,27,32). The third-order valence-electron chi connectivity index (χ3n) is 5.82. The first-order chi connectivity index (χ1) is 16.5. The molecule has 0 radical (unpaired) electrons. The highest BCUT2D eigenvalue weighted by Crippen LogP contribution is 2.24. The summed E-state index contributed by atoms with van der Waals surface area (Å²) in [6, 6.07) is 20.0. The number of nitriles is 1. The van der Waals surface area contributed by atoms with Crippen molar-refractivity contribution in [3.63, 3.8) is 0 Å². The van der Waals surface area contributed by atoms with Gasteiger partial charge in [0.2, 0.25) is 0 Å². The number of rotatable bonds is 6. The average Bonchev–Trinajstić information content (AvgIpc) is 3.32. The molecule has 34 heavy (non-hydrogen) atoms. The molecule has 2 aromatic carbocycles. The van der Waals surface area contributed by atoms with Gasteiger partial charge in [-0.1, -0.05) is 24.3 Å². The summed E-state index contributed by atoms with van der Waals surface area (Å²) in [7, 11) is 0. The number of primary amides is 1. The second-order valence-electron chi connectivity index (χ2n) is 8.02. The predicted octanol–water partition coefficient (Wildman–Crippen LogP) is 2.41. The molecule has 1 aliphatic heterocycles. The maximum atomic E-state index is 12.8. The number of ether oxygens (including phenoxy) is 1. The molecular formula is C25H20N6O3. The van der Waals surface area contributed by atoms with Crippen molar-refractivity contribution < 1.29 is 14.3 Å². The molecule has 4 aromatic rings. The van der Waals surface area contributed by atoms with Gasteiger partial charge in [0.1, 0.15) is 6.33 Å². The molecule has 0 atom stereocenters. The highest BCUT2D eigenvalue weighted by Gasteiger charge is 2.31. The minimum Gasteiger partial charge on any atom is -0.370 e. The lowest BCUT2D eigenvalue weighted by atomic mass is 10.0. The SMILES string of the molecule is N#Cc1ccc(COC2CN(C(=O)c3ccc(-c4ccc(C(N)=O)c5ncnn45)cc3)C2)cc1. The summed E-state index contributed by atoms with van der Waals surface area (Å²) in [5, 5.41) is 13.1. The molecule has 5 rings (SSSR count). The molecule has 0 saturated carbocycles. The zero-order valence-electron chi connectivity index (χ0n) is 18.1. The van der Waals surface area contributed by atoms with Gasteiger partial charge in [0.25, 0.3) is 11.8 Å². The van der Waals surface area contributed by atoms with Crippen LogP contribution in [0.1, 0.15) is 31.8 Å². The van der Waals surface area contributed by atoms with Crippen molar-refractivity contribution in [3.8, 4) is 17.3 Å². The number of aromatic nitrogens is 3. The van der Waals surface area contributed by atoms with E-state index < -0.39 is 5.91 Å². The van der Waals surface area contributed by atoms with E-state index in [0.717, 1.165) is 16.8 Å². The summed E-state index contributed by atoms with van der Waals surface area (Å²) in [4.78, 5) is 30.3. The van der Waals surface area contributed by atoms with Gasteiger partial charge < -0.3 is 15.4 Å². The Morgan fingerprint density at radius 1 is 1.06 bits per heavy atom. The number of hydrogen-bond donors (Lipinski definition) is 1. The number of hydrogen-bond acceptors (Lipinski definition) is 6. The summed E-state index contributed by atoms with van der Waals surface area (Å²) < 4.78 is 7.42. The number of nitrogens with two attached hydrogens (primary N) is 1. The van der Waals surface area contributed by atoms with Crippen LogP contribution in [0.25, 0.3) is 16.9 Å². The lowest BCUT2D eigenvalue weighted by molar-refractivity contribution is -0.0503. The van der Waals surface area contributed by atoms with Crippen LogP contribution >= 0.6 is 0 Å². The Balaban J connectivity index is 1.21. The Kier molecular flexibility index (Phi) is 5.49. The molecule has 0 unspecified atom stereocenters. The molecule has 9 nitrogen and oxygen atoms in total. The van der Waals surface area contributed by atoms with Crippen molar-refractivity contribution in [2.45, 2.75) is 12.7 Å². The Hall–Kier alpha value is -4.55. The summed E-state index contributed by atoms with van der Waals surface area (Å²) in [5.41, 5.74) is 9.84. The fraction of sp³-hybridized carbons (Fsp3) is 0.160. The lowest BCUT2D eigenvalue weighted by Crippen LogP contribution is -2.54. The van der Waals surface area contributed by atoms with Crippen molar-refractivity contribution in [1.82, 2.24) is 19.5 Å². The zero-order chi connectivity index (χ0) is 23.7. The first-order valence-electron chi connectivity index (χ1n) is 10.7. The topological polar surface area (TPSA) is 127 Å². The van der Waals surface area contributed by atoms with Gasteiger partial charge in [-0.2, -0.15) is 10.4 Å². The third-order valence-corrected chi connectivity index (χ3v) is 5.82. The van der Waals surface area contributed by atoms with E-state index in [-0.39, 0.29) is 12.0 Å². The molecular weight excluding hydrogens is 432 g/mol. The normalized spacial score (nSPS) is 13.4. The molecule has 2 amide bonds. The van der Waals surface area contributed by atoms with Gasteiger partial charge in [-0.25, -0.2) is 9.50 Å². The monoisotopic (exact) mass is 452 g/mol. The zero-order valence-corrected chi connectivity index (χ0v) is 18.1. The van der Waals surface area contributed by atoms with E-state index in [4.69, 9.17) is 15.7 Å². The third kappa shape index (κ3) is 3.98. The van der Waals surface area contributed by atoms with Gasteiger partial charge >= 0.3 is 0 Å². The first kappa shape index (κ1) is 21.3. The fourth-order valence-corrected chi connectivity index (χ4v) is 3.88. The number of benzene rings is 2. The Morgan fingerprint density at radius 2 is 1.79 bits per heavy atom. The maximum Gasteiger partial charge on any atom is 0.254 e. The van der Waals surface area contributed by atoms with E-state index in [1.165, 1.54) is 6.33 Å². The van der Waals surface area contributed by atoms with E-state index in [0.29, 0.717) is 42.0 Å². The molecule has 2 aromatic heterocycles. The maximum absolute atomic E-state index is 12.8. The highest BCUT2D eigenvalue weighted by molar-refractivity contribution is 5.99. The van der Waals surface area contributed by atoms with Crippen molar-refractivity contribution in [2.24, 2.45) is 5.73 Å². The fourth-order valence-electron chi connectivity index (χ4n) is 3.88. The van der Waals surface area contributed by atoms with Crippen molar-refractivity contribution in [3.05, 3.63) is 89.2 Å². The Morgan fingerprint density at radius 3 is 2.47 bits per heavy atom. The summed E-state index contributed by atoms with van der Waals surface area (Å²) >= 11 is 0. The summed E-state index contributed by atoms with van der Waals surface area (Å²) in [6.07, 6.45) is 1.36. The van der Waals surface area contributed by atoms with Crippen LogP contribution in [0.2, 0.25) is 0 Å². The van der Waals surface area contributed by atoms with Crippen molar-refractivity contribution in [2.75, 3.05) is 13.1 Å². The molecule has 0 bridgehead atoms. The number of pyridine rings is 1. The van der Waals surface area contributed by atoms with E-state index in [1.807, 2.05) is 24.3 Å². The van der Waals surface area contributed by atoms with E-state index in [1.54, 1.807) is 45.8 Å². The number of carbonyl (C=O) groups excluding carboxylic acids is 2. The van der Waals surface area contributed by atoms with Crippen LogP contribution in [-0.4, -0.2) is 50.5 Å². The van der Waals surface area contributed by atoms with Crippen LogP contribution in [0.3, 0.4) is 0 Å². The average molecular weight is 452 g/mol. The first-order valence-corrected chi connectivity index (χ1v) is 10.7. The molecule has 0 aliphatic carbocycles. The van der Waals surface area contributed by atoms with Crippen LogP contribution < -0.4 is 5.73 Å². The van der Waals surface area contributed by atoms with Gasteiger partial charge in [0, 0.05) is 24.2 Å². The van der Waals surface area contributed by atoms with E-state index in [9.17, 15) is 9.59 Å². The summed E-state index contributed by atoms with van der Waals surface area (Å²) in [5.74, 6) is -0.626.